The lowest BCUT2D eigenvalue weighted by molar-refractivity contribution is 0.0822. The number of hydrogen-bond acceptors (Lipinski definition) is 4. The Kier molecular flexibility index (Phi) is 5.43. The van der Waals surface area contributed by atoms with Crippen molar-refractivity contribution in [1.29, 1.82) is 0 Å². The highest BCUT2D eigenvalue weighted by Crippen LogP contribution is 2.42. The molecule has 0 aliphatic rings. The summed E-state index contributed by atoms with van der Waals surface area (Å²) in [5.74, 6) is 1.16. The summed E-state index contributed by atoms with van der Waals surface area (Å²) in [5, 5.41) is 0. The van der Waals surface area contributed by atoms with Crippen LogP contribution in [0.4, 0.5) is 0 Å². The normalized spacial score (nSPS) is 9.85. The molecule has 0 aliphatic carbocycles. The van der Waals surface area contributed by atoms with Crippen molar-refractivity contribution in [1.82, 2.24) is 4.90 Å². The van der Waals surface area contributed by atoms with Crippen LogP contribution in [-0.4, -0.2) is 46.2 Å². The summed E-state index contributed by atoms with van der Waals surface area (Å²) >= 11 is 0. The maximum Gasteiger partial charge on any atom is 0.257 e. The third kappa shape index (κ3) is 2.87. The average molecular weight is 279 g/mol. The lowest BCUT2D eigenvalue weighted by atomic mass is 10.0. The van der Waals surface area contributed by atoms with Crippen molar-refractivity contribution in [2.45, 2.75) is 6.42 Å². The molecule has 0 N–H and O–H groups in total. The minimum absolute atomic E-state index is 0.153. The van der Waals surface area contributed by atoms with E-state index in [1.165, 1.54) is 19.1 Å². The van der Waals surface area contributed by atoms with Gasteiger partial charge in [-0.3, -0.25) is 4.79 Å². The number of carbonyl (C=O) groups is 1. The Morgan fingerprint density at radius 1 is 1.20 bits per heavy atom. The molecule has 0 atom stereocenters. The minimum Gasteiger partial charge on any atom is -0.493 e. The van der Waals surface area contributed by atoms with E-state index in [0.717, 1.165) is 5.56 Å². The van der Waals surface area contributed by atoms with Gasteiger partial charge in [-0.05, 0) is 18.1 Å². The number of methoxy groups -OCH3 is 3. The Balaban J connectivity index is 3.66. The lowest BCUT2D eigenvalue weighted by Gasteiger charge is -2.20. The third-order valence-corrected chi connectivity index (χ3v) is 2.90. The standard InChI is InChI=1S/C15H21NO4/c1-7-8-10-9-11(18-4)13(19-5)14(20-6)12(10)15(17)16(2)3/h7,9H,1,8H2,2-6H3. The highest BCUT2D eigenvalue weighted by molar-refractivity contribution is 5.99. The highest BCUT2D eigenvalue weighted by atomic mass is 16.5. The zero-order valence-corrected chi connectivity index (χ0v) is 12.6. The van der Waals surface area contributed by atoms with E-state index in [-0.39, 0.29) is 5.91 Å². The van der Waals surface area contributed by atoms with E-state index in [4.69, 9.17) is 14.2 Å². The van der Waals surface area contributed by atoms with Gasteiger partial charge in [0.1, 0.15) is 0 Å². The van der Waals surface area contributed by atoms with Crippen molar-refractivity contribution in [3.05, 3.63) is 29.8 Å². The largest absolute Gasteiger partial charge is 0.493 e. The summed E-state index contributed by atoms with van der Waals surface area (Å²) in [6.45, 7) is 3.72. The summed E-state index contributed by atoms with van der Waals surface area (Å²) in [4.78, 5) is 13.9. The molecule has 0 heterocycles. The lowest BCUT2D eigenvalue weighted by Crippen LogP contribution is -2.24. The zero-order valence-electron chi connectivity index (χ0n) is 12.6. The second kappa shape index (κ2) is 6.84. The predicted octanol–water partition coefficient (Wildman–Crippen LogP) is 2.14. The van der Waals surface area contributed by atoms with E-state index in [1.54, 1.807) is 33.3 Å². The van der Waals surface area contributed by atoms with Gasteiger partial charge in [0.25, 0.3) is 5.91 Å². The molecule has 5 heteroatoms. The van der Waals surface area contributed by atoms with Gasteiger partial charge in [-0.1, -0.05) is 6.08 Å². The third-order valence-electron chi connectivity index (χ3n) is 2.90. The molecule has 0 saturated heterocycles. The monoisotopic (exact) mass is 279 g/mol. The van der Waals surface area contributed by atoms with Crippen LogP contribution in [0.3, 0.4) is 0 Å². The van der Waals surface area contributed by atoms with Gasteiger partial charge >= 0.3 is 0 Å². The molecule has 1 amide bonds. The van der Waals surface area contributed by atoms with Crippen LogP contribution in [-0.2, 0) is 6.42 Å². The Labute approximate surface area is 119 Å². The number of benzene rings is 1. The van der Waals surface area contributed by atoms with Crippen LogP contribution in [0.15, 0.2) is 18.7 Å². The van der Waals surface area contributed by atoms with Crippen LogP contribution in [0.25, 0.3) is 0 Å². The van der Waals surface area contributed by atoms with Crippen LogP contribution in [0, 0.1) is 0 Å². The van der Waals surface area contributed by atoms with Gasteiger partial charge in [-0.2, -0.15) is 0 Å². The molecule has 0 fully saturated rings. The molecule has 1 aromatic rings. The summed E-state index contributed by atoms with van der Waals surface area (Å²) < 4.78 is 16.0. The van der Waals surface area contributed by atoms with Gasteiger partial charge in [0.15, 0.2) is 11.5 Å². The van der Waals surface area contributed by atoms with Crippen molar-refractivity contribution < 1.29 is 19.0 Å². The molecule has 1 rings (SSSR count). The first-order valence-corrected chi connectivity index (χ1v) is 6.16. The van der Waals surface area contributed by atoms with Crippen molar-refractivity contribution >= 4 is 5.91 Å². The number of allylic oxidation sites excluding steroid dienone is 1. The van der Waals surface area contributed by atoms with E-state index in [9.17, 15) is 4.79 Å². The first kappa shape index (κ1) is 15.9. The Hall–Kier alpha value is -2.17. The van der Waals surface area contributed by atoms with Gasteiger partial charge in [-0.25, -0.2) is 0 Å². The van der Waals surface area contributed by atoms with Crippen LogP contribution < -0.4 is 14.2 Å². The van der Waals surface area contributed by atoms with E-state index in [0.29, 0.717) is 29.2 Å². The van der Waals surface area contributed by atoms with E-state index < -0.39 is 0 Å². The Morgan fingerprint density at radius 3 is 2.20 bits per heavy atom. The maximum absolute atomic E-state index is 12.4. The number of ether oxygens (including phenoxy) is 3. The van der Waals surface area contributed by atoms with Crippen molar-refractivity contribution in [2.75, 3.05) is 35.4 Å². The number of rotatable bonds is 6. The molecule has 0 unspecified atom stereocenters. The fourth-order valence-corrected chi connectivity index (χ4v) is 1.98. The smallest absolute Gasteiger partial charge is 0.257 e. The molecule has 0 aromatic heterocycles. The first-order chi connectivity index (χ1) is 9.51. The maximum atomic E-state index is 12.4. The number of carbonyl (C=O) groups excluding carboxylic acids is 1. The minimum atomic E-state index is -0.153. The first-order valence-electron chi connectivity index (χ1n) is 6.16. The fraction of sp³-hybridized carbons (Fsp3) is 0.400. The molecular weight excluding hydrogens is 258 g/mol. The van der Waals surface area contributed by atoms with Crippen LogP contribution in [0.1, 0.15) is 15.9 Å². The van der Waals surface area contributed by atoms with E-state index >= 15 is 0 Å². The van der Waals surface area contributed by atoms with E-state index in [2.05, 4.69) is 6.58 Å². The second-order valence-corrected chi connectivity index (χ2v) is 4.37. The fourth-order valence-electron chi connectivity index (χ4n) is 1.98. The van der Waals surface area contributed by atoms with Crippen LogP contribution >= 0.6 is 0 Å². The van der Waals surface area contributed by atoms with Gasteiger partial charge in [0, 0.05) is 14.1 Å². The number of nitrogens with zero attached hydrogens (tertiary/aromatic N) is 1. The summed E-state index contributed by atoms with van der Waals surface area (Å²) in [6.07, 6.45) is 2.26. The predicted molar refractivity (Wildman–Crippen MR) is 78.0 cm³/mol. The quantitative estimate of drug-likeness (QED) is 0.749. The zero-order chi connectivity index (χ0) is 15.3. The Morgan fingerprint density at radius 2 is 1.80 bits per heavy atom. The van der Waals surface area contributed by atoms with E-state index in [1.807, 2.05) is 0 Å². The molecule has 110 valence electrons. The SMILES string of the molecule is C=CCc1cc(OC)c(OC)c(OC)c1C(=O)N(C)C. The van der Waals surface area contributed by atoms with Crippen LogP contribution in [0.2, 0.25) is 0 Å². The molecule has 0 aliphatic heterocycles. The molecule has 20 heavy (non-hydrogen) atoms. The average Bonchev–Trinajstić information content (AvgIpc) is 2.45. The Bertz CT molecular complexity index is 509. The van der Waals surface area contributed by atoms with Gasteiger partial charge in [0.2, 0.25) is 5.75 Å². The molecule has 0 saturated carbocycles. The topological polar surface area (TPSA) is 48.0 Å². The van der Waals surface area contributed by atoms with Gasteiger partial charge < -0.3 is 19.1 Å². The number of hydrogen-bond donors (Lipinski definition) is 0. The number of amides is 1. The highest BCUT2D eigenvalue weighted by Gasteiger charge is 2.25. The molecular formula is C15H21NO4. The van der Waals surface area contributed by atoms with Crippen LogP contribution in [0.5, 0.6) is 17.2 Å². The van der Waals surface area contributed by atoms with Crippen molar-refractivity contribution in [3.63, 3.8) is 0 Å². The van der Waals surface area contributed by atoms with Gasteiger partial charge in [-0.15, -0.1) is 6.58 Å². The molecule has 5 nitrogen and oxygen atoms in total. The molecule has 1 aromatic carbocycles. The summed E-state index contributed by atoms with van der Waals surface area (Å²) in [5.41, 5.74) is 1.25. The second-order valence-electron chi connectivity index (χ2n) is 4.37. The molecule has 0 bridgehead atoms. The summed E-state index contributed by atoms with van der Waals surface area (Å²) in [6, 6.07) is 1.78. The molecule has 0 radical (unpaired) electrons. The van der Waals surface area contributed by atoms with Crippen molar-refractivity contribution in [2.24, 2.45) is 0 Å². The summed E-state index contributed by atoms with van der Waals surface area (Å²) in [7, 11) is 7.94. The molecule has 0 spiro atoms. The van der Waals surface area contributed by atoms with Crippen molar-refractivity contribution in [3.8, 4) is 17.2 Å². The van der Waals surface area contributed by atoms with Gasteiger partial charge in [0.05, 0.1) is 26.9 Å².